The fraction of sp³-hybridized carbons (Fsp3) is 0.538. The summed E-state index contributed by atoms with van der Waals surface area (Å²) in [6.07, 6.45) is 0.844. The van der Waals surface area contributed by atoms with Gasteiger partial charge in [-0.05, 0) is 37.6 Å². The van der Waals surface area contributed by atoms with E-state index in [1.165, 1.54) is 0 Å². The number of halogens is 1. The Morgan fingerprint density at radius 3 is 2.74 bits per heavy atom. The lowest BCUT2D eigenvalue weighted by Gasteiger charge is -2.26. The summed E-state index contributed by atoms with van der Waals surface area (Å²) < 4.78 is 26.9. The monoisotopic (exact) mass is 302 g/mol. The summed E-state index contributed by atoms with van der Waals surface area (Å²) >= 11 is 6.10. The van der Waals surface area contributed by atoms with Crippen molar-refractivity contribution in [3.63, 3.8) is 0 Å². The van der Waals surface area contributed by atoms with Crippen LogP contribution in [0.25, 0.3) is 0 Å². The van der Waals surface area contributed by atoms with Crippen LogP contribution in [-0.2, 0) is 10.0 Å². The van der Waals surface area contributed by atoms with E-state index in [-0.39, 0.29) is 10.9 Å². The molecule has 1 aromatic carbocycles. The third-order valence-electron chi connectivity index (χ3n) is 3.43. The van der Waals surface area contributed by atoms with Gasteiger partial charge in [0.1, 0.15) is 4.90 Å². The zero-order chi connectivity index (χ0) is 14.0. The van der Waals surface area contributed by atoms with Crippen LogP contribution in [0.5, 0.6) is 0 Å². The third-order valence-corrected chi connectivity index (χ3v) is 5.94. The molecule has 0 saturated carbocycles. The molecule has 1 heterocycles. The van der Waals surface area contributed by atoms with Crippen molar-refractivity contribution >= 4 is 21.6 Å². The van der Waals surface area contributed by atoms with Gasteiger partial charge in [0, 0.05) is 19.1 Å². The highest BCUT2D eigenvalue weighted by atomic mass is 35.5. The number of likely N-dealkylation sites (N-methyl/N-ethyl adjacent to an activating group) is 1. The van der Waals surface area contributed by atoms with Crippen LogP contribution in [-0.4, -0.2) is 38.4 Å². The van der Waals surface area contributed by atoms with Crippen LogP contribution in [0.2, 0.25) is 5.02 Å². The maximum Gasteiger partial charge on any atom is 0.244 e. The maximum absolute atomic E-state index is 12.7. The molecule has 1 aliphatic heterocycles. The van der Waals surface area contributed by atoms with Crippen LogP contribution in [0.3, 0.4) is 0 Å². The molecule has 0 radical (unpaired) electrons. The summed E-state index contributed by atoms with van der Waals surface area (Å²) in [6, 6.07) is 5.08. The second kappa shape index (κ2) is 5.79. The number of rotatable bonds is 4. The highest BCUT2D eigenvalue weighted by molar-refractivity contribution is 7.89. The Balaban J connectivity index is 2.39. The SMILES string of the molecule is CCN(C1CCNC1)S(=O)(=O)c1ccc(C)cc1Cl. The molecule has 0 aliphatic carbocycles. The Labute approximate surface area is 119 Å². The number of nitrogens with one attached hydrogen (secondary N) is 1. The number of sulfonamides is 1. The van der Waals surface area contributed by atoms with Gasteiger partial charge in [-0.3, -0.25) is 0 Å². The molecule has 0 bridgehead atoms. The Morgan fingerprint density at radius 1 is 1.47 bits per heavy atom. The van der Waals surface area contributed by atoms with Gasteiger partial charge in [-0.15, -0.1) is 0 Å². The van der Waals surface area contributed by atoms with Gasteiger partial charge in [-0.1, -0.05) is 24.6 Å². The molecule has 6 heteroatoms. The molecule has 2 rings (SSSR count). The molecule has 1 aliphatic rings. The van der Waals surface area contributed by atoms with Gasteiger partial charge >= 0.3 is 0 Å². The molecule has 0 spiro atoms. The van der Waals surface area contributed by atoms with Crippen molar-refractivity contribution in [3.05, 3.63) is 28.8 Å². The van der Waals surface area contributed by atoms with Crippen LogP contribution in [0.15, 0.2) is 23.1 Å². The second-order valence-corrected chi connectivity index (χ2v) is 7.06. The van der Waals surface area contributed by atoms with Gasteiger partial charge in [-0.25, -0.2) is 8.42 Å². The normalized spacial score (nSPS) is 20.1. The summed E-state index contributed by atoms with van der Waals surface area (Å²) in [5.74, 6) is 0. The molecular weight excluding hydrogens is 284 g/mol. The fourth-order valence-corrected chi connectivity index (χ4v) is 4.69. The molecular formula is C13H19ClN2O2S. The number of aryl methyl sites for hydroxylation is 1. The first-order chi connectivity index (χ1) is 8.96. The minimum absolute atomic E-state index is 0.0207. The standard InChI is InChI=1S/C13H19ClN2O2S/c1-3-16(11-6-7-15-9-11)19(17,18)13-5-4-10(2)8-12(13)14/h4-5,8,11,15H,3,6-7,9H2,1-2H3. The first kappa shape index (κ1) is 14.8. The fourth-order valence-electron chi connectivity index (χ4n) is 2.45. The zero-order valence-electron chi connectivity index (χ0n) is 11.2. The Kier molecular flexibility index (Phi) is 4.50. The van der Waals surface area contributed by atoms with Crippen molar-refractivity contribution in [2.24, 2.45) is 0 Å². The molecule has 1 saturated heterocycles. The van der Waals surface area contributed by atoms with E-state index in [0.29, 0.717) is 18.1 Å². The average molecular weight is 303 g/mol. The minimum atomic E-state index is -3.52. The van der Waals surface area contributed by atoms with Crippen LogP contribution < -0.4 is 5.32 Å². The van der Waals surface area contributed by atoms with E-state index >= 15 is 0 Å². The molecule has 0 aromatic heterocycles. The van der Waals surface area contributed by atoms with E-state index < -0.39 is 10.0 Å². The number of benzene rings is 1. The Hall–Kier alpha value is -0.620. The minimum Gasteiger partial charge on any atom is -0.315 e. The lowest BCUT2D eigenvalue weighted by atomic mass is 10.2. The highest BCUT2D eigenvalue weighted by Crippen LogP contribution is 2.27. The van der Waals surface area contributed by atoms with Gasteiger partial charge < -0.3 is 5.32 Å². The summed E-state index contributed by atoms with van der Waals surface area (Å²) in [5, 5.41) is 3.49. The van der Waals surface area contributed by atoms with Gasteiger partial charge in [0.15, 0.2) is 0 Å². The lowest BCUT2D eigenvalue weighted by molar-refractivity contribution is 0.349. The Bertz CT molecular complexity index is 554. The summed E-state index contributed by atoms with van der Waals surface area (Å²) in [4.78, 5) is 0.202. The van der Waals surface area contributed by atoms with Gasteiger partial charge in [0.25, 0.3) is 0 Å². The molecule has 4 nitrogen and oxygen atoms in total. The van der Waals surface area contributed by atoms with E-state index in [4.69, 9.17) is 11.6 Å². The summed E-state index contributed by atoms with van der Waals surface area (Å²) in [7, 11) is -3.52. The first-order valence-electron chi connectivity index (χ1n) is 6.45. The van der Waals surface area contributed by atoms with E-state index in [1.54, 1.807) is 22.5 Å². The maximum atomic E-state index is 12.7. The van der Waals surface area contributed by atoms with Crippen molar-refractivity contribution in [2.45, 2.75) is 31.2 Å². The topological polar surface area (TPSA) is 49.4 Å². The van der Waals surface area contributed by atoms with Crippen molar-refractivity contribution < 1.29 is 8.42 Å². The van der Waals surface area contributed by atoms with Crippen LogP contribution >= 0.6 is 11.6 Å². The van der Waals surface area contributed by atoms with Crippen LogP contribution in [0.1, 0.15) is 18.9 Å². The molecule has 1 N–H and O–H groups in total. The van der Waals surface area contributed by atoms with Crippen molar-refractivity contribution in [1.29, 1.82) is 0 Å². The van der Waals surface area contributed by atoms with Gasteiger partial charge in [0.05, 0.1) is 5.02 Å². The van der Waals surface area contributed by atoms with E-state index in [9.17, 15) is 8.42 Å². The van der Waals surface area contributed by atoms with Crippen molar-refractivity contribution in [1.82, 2.24) is 9.62 Å². The number of hydrogen-bond acceptors (Lipinski definition) is 3. The van der Waals surface area contributed by atoms with Crippen molar-refractivity contribution in [3.8, 4) is 0 Å². The number of nitrogens with zero attached hydrogens (tertiary/aromatic N) is 1. The van der Waals surface area contributed by atoms with Crippen LogP contribution in [0.4, 0.5) is 0 Å². The quantitative estimate of drug-likeness (QED) is 0.926. The largest absolute Gasteiger partial charge is 0.315 e. The Morgan fingerprint density at radius 2 is 2.21 bits per heavy atom. The van der Waals surface area contributed by atoms with E-state index in [0.717, 1.165) is 18.5 Å². The third kappa shape index (κ3) is 2.94. The lowest BCUT2D eigenvalue weighted by Crippen LogP contribution is -2.41. The average Bonchev–Trinajstić information content (AvgIpc) is 2.82. The highest BCUT2D eigenvalue weighted by Gasteiger charge is 2.33. The van der Waals surface area contributed by atoms with E-state index in [2.05, 4.69) is 5.32 Å². The smallest absolute Gasteiger partial charge is 0.244 e. The molecule has 0 amide bonds. The van der Waals surface area contributed by atoms with Crippen LogP contribution in [0, 0.1) is 6.92 Å². The zero-order valence-corrected chi connectivity index (χ0v) is 12.8. The van der Waals surface area contributed by atoms with E-state index in [1.807, 2.05) is 13.8 Å². The predicted molar refractivity (Wildman–Crippen MR) is 77.0 cm³/mol. The molecule has 19 heavy (non-hydrogen) atoms. The molecule has 1 unspecified atom stereocenters. The molecule has 1 fully saturated rings. The summed E-state index contributed by atoms with van der Waals surface area (Å²) in [6.45, 7) is 5.77. The van der Waals surface area contributed by atoms with Gasteiger partial charge in [0.2, 0.25) is 10.0 Å². The molecule has 1 aromatic rings. The summed E-state index contributed by atoms with van der Waals surface area (Å²) in [5.41, 5.74) is 0.953. The molecule has 1 atom stereocenters. The van der Waals surface area contributed by atoms with Gasteiger partial charge in [-0.2, -0.15) is 4.31 Å². The number of hydrogen-bond donors (Lipinski definition) is 1. The first-order valence-corrected chi connectivity index (χ1v) is 8.27. The molecule has 106 valence electrons. The predicted octanol–water partition coefficient (Wildman–Crippen LogP) is 2.02. The second-order valence-electron chi connectivity index (χ2n) is 4.79. The van der Waals surface area contributed by atoms with Crippen molar-refractivity contribution in [2.75, 3.05) is 19.6 Å².